The molecule has 31 heavy (non-hydrogen) atoms. The predicted octanol–water partition coefficient (Wildman–Crippen LogP) is 5.32. The molecule has 5 rings (SSSR count). The van der Waals surface area contributed by atoms with Gasteiger partial charge in [0.25, 0.3) is 0 Å². The molecule has 2 atom stereocenters. The lowest BCUT2D eigenvalue weighted by Crippen LogP contribution is -2.30. The van der Waals surface area contributed by atoms with Gasteiger partial charge in [-0.05, 0) is 85.7 Å². The molecule has 1 fully saturated rings. The van der Waals surface area contributed by atoms with E-state index in [2.05, 4.69) is 76.2 Å². The first-order valence-corrected chi connectivity index (χ1v) is 10.8. The van der Waals surface area contributed by atoms with Crippen molar-refractivity contribution in [3.63, 3.8) is 0 Å². The normalized spacial score (nSPS) is 18.4. The van der Waals surface area contributed by atoms with Crippen LogP contribution in [0.15, 0.2) is 83.7 Å². The Hall–Kier alpha value is -3.38. The van der Waals surface area contributed by atoms with E-state index < -0.39 is 0 Å². The summed E-state index contributed by atoms with van der Waals surface area (Å²) >= 11 is 5.86. The second kappa shape index (κ2) is 8.04. The number of benzene rings is 1. The van der Waals surface area contributed by atoms with Gasteiger partial charge in [0.05, 0.1) is 24.5 Å². The zero-order chi connectivity index (χ0) is 21.4. The Bertz CT molecular complexity index is 1180. The zero-order valence-electron chi connectivity index (χ0n) is 17.5. The molecule has 1 aliphatic heterocycles. The molecule has 0 unspecified atom stereocenters. The number of hydrogen-bond donors (Lipinski definition) is 1. The van der Waals surface area contributed by atoms with E-state index in [1.807, 2.05) is 30.5 Å². The molecule has 4 heterocycles. The number of pyridine rings is 1. The molecule has 0 aliphatic carbocycles. The molecule has 0 radical (unpaired) electrons. The molecule has 1 N–H and O–H groups in total. The summed E-state index contributed by atoms with van der Waals surface area (Å²) in [4.78, 5) is 6.87. The summed E-state index contributed by atoms with van der Waals surface area (Å²) in [6, 6.07) is 20.6. The number of nitrogens with zero attached hydrogens (tertiary/aromatic N) is 3. The van der Waals surface area contributed by atoms with Gasteiger partial charge in [0.15, 0.2) is 5.11 Å². The minimum atomic E-state index is -0.0697. The van der Waals surface area contributed by atoms with E-state index in [4.69, 9.17) is 16.6 Å². The molecule has 0 bridgehead atoms. The summed E-state index contributed by atoms with van der Waals surface area (Å²) in [5, 5.41) is 4.25. The second-order valence-electron chi connectivity index (χ2n) is 7.98. The van der Waals surface area contributed by atoms with Gasteiger partial charge < -0.3 is 19.2 Å². The van der Waals surface area contributed by atoms with Crippen molar-refractivity contribution >= 4 is 23.0 Å². The van der Waals surface area contributed by atoms with Gasteiger partial charge in [-0.1, -0.05) is 12.1 Å². The van der Waals surface area contributed by atoms with E-state index in [-0.39, 0.29) is 12.1 Å². The van der Waals surface area contributed by atoms with Crippen molar-refractivity contribution in [3.8, 4) is 0 Å². The van der Waals surface area contributed by atoms with E-state index in [9.17, 15) is 0 Å². The Labute approximate surface area is 187 Å². The van der Waals surface area contributed by atoms with Crippen LogP contribution < -0.4 is 10.2 Å². The summed E-state index contributed by atoms with van der Waals surface area (Å²) in [6.45, 7) is 4.90. The molecular weight excluding hydrogens is 404 g/mol. The summed E-state index contributed by atoms with van der Waals surface area (Å²) in [5.74, 6) is 0.915. The maximum absolute atomic E-state index is 5.86. The molecule has 156 valence electrons. The molecule has 0 amide bonds. The number of anilines is 1. The smallest absolute Gasteiger partial charge is 0.174 e. The molecule has 5 nitrogen and oxygen atoms in total. The second-order valence-corrected chi connectivity index (χ2v) is 8.37. The van der Waals surface area contributed by atoms with E-state index in [1.165, 1.54) is 11.1 Å². The van der Waals surface area contributed by atoms with Gasteiger partial charge in [0, 0.05) is 23.8 Å². The Balaban J connectivity index is 1.63. The quantitative estimate of drug-likeness (QED) is 0.436. The van der Waals surface area contributed by atoms with Crippen LogP contribution in [0.2, 0.25) is 0 Å². The number of thiocarbonyl (C=S) groups is 1. The third-order valence-corrected chi connectivity index (χ3v) is 5.97. The Morgan fingerprint density at radius 3 is 2.58 bits per heavy atom. The maximum Gasteiger partial charge on any atom is 0.174 e. The van der Waals surface area contributed by atoms with Crippen molar-refractivity contribution in [2.24, 2.45) is 0 Å². The average molecular weight is 429 g/mol. The molecular formula is C25H24N4OS. The summed E-state index contributed by atoms with van der Waals surface area (Å²) in [6.07, 6.45) is 5.64. The van der Waals surface area contributed by atoms with Gasteiger partial charge in [-0.3, -0.25) is 4.98 Å². The van der Waals surface area contributed by atoms with Gasteiger partial charge in [0.2, 0.25) is 0 Å². The lowest BCUT2D eigenvalue weighted by Gasteiger charge is -2.29. The van der Waals surface area contributed by atoms with Gasteiger partial charge in [-0.15, -0.1) is 0 Å². The fraction of sp³-hybridized carbons (Fsp3) is 0.200. The van der Waals surface area contributed by atoms with Gasteiger partial charge in [-0.25, -0.2) is 0 Å². The van der Waals surface area contributed by atoms with E-state index >= 15 is 0 Å². The zero-order valence-corrected chi connectivity index (χ0v) is 18.3. The third kappa shape index (κ3) is 3.75. The molecule has 1 aliphatic rings. The van der Waals surface area contributed by atoms with Crippen LogP contribution in [-0.4, -0.2) is 14.7 Å². The highest BCUT2D eigenvalue weighted by molar-refractivity contribution is 7.80. The van der Waals surface area contributed by atoms with Crippen molar-refractivity contribution in [2.45, 2.75) is 32.5 Å². The predicted molar refractivity (Wildman–Crippen MR) is 126 cm³/mol. The summed E-state index contributed by atoms with van der Waals surface area (Å²) < 4.78 is 7.84. The standard InChI is InChI=1S/C25H24N4OS/c1-17-13-18(2)15-19(14-17)29-24(23(27-25(29)31)21-8-3-4-10-26-21)22-9-5-11-28(22)16-20-7-6-12-30-20/h3-15,23-24H,16H2,1-2H3,(H,27,31)/t23-,24+/m1/s1. The fourth-order valence-corrected chi connectivity index (χ4v) is 4.78. The van der Waals surface area contributed by atoms with E-state index in [1.54, 1.807) is 6.26 Å². The highest BCUT2D eigenvalue weighted by atomic mass is 32.1. The molecule has 1 aromatic carbocycles. The van der Waals surface area contributed by atoms with Crippen molar-refractivity contribution in [1.82, 2.24) is 14.9 Å². The summed E-state index contributed by atoms with van der Waals surface area (Å²) in [5.41, 5.74) is 5.63. The third-order valence-electron chi connectivity index (χ3n) is 5.66. The average Bonchev–Trinajstić information content (AvgIpc) is 3.48. The number of aromatic nitrogens is 2. The SMILES string of the molecule is Cc1cc(C)cc(N2C(=S)N[C@H](c3ccccn3)[C@@H]2c2cccn2Cc2ccco2)c1. The first-order valence-electron chi connectivity index (χ1n) is 10.4. The largest absolute Gasteiger partial charge is 0.467 e. The van der Waals surface area contributed by atoms with Crippen LogP contribution in [0.4, 0.5) is 5.69 Å². The molecule has 6 heteroatoms. The van der Waals surface area contributed by atoms with Crippen molar-refractivity contribution < 1.29 is 4.42 Å². The van der Waals surface area contributed by atoms with Crippen LogP contribution in [0.1, 0.15) is 40.4 Å². The van der Waals surface area contributed by atoms with Crippen LogP contribution >= 0.6 is 12.2 Å². The van der Waals surface area contributed by atoms with Crippen molar-refractivity contribution in [2.75, 3.05) is 4.90 Å². The van der Waals surface area contributed by atoms with Crippen LogP contribution in [0.3, 0.4) is 0 Å². The minimum Gasteiger partial charge on any atom is -0.467 e. The monoisotopic (exact) mass is 428 g/mol. The number of nitrogens with one attached hydrogen (secondary N) is 1. The fourth-order valence-electron chi connectivity index (χ4n) is 4.43. The van der Waals surface area contributed by atoms with Crippen molar-refractivity contribution in [1.29, 1.82) is 0 Å². The maximum atomic E-state index is 5.86. The number of hydrogen-bond acceptors (Lipinski definition) is 3. The van der Waals surface area contributed by atoms with E-state index in [0.717, 1.165) is 22.8 Å². The molecule has 1 saturated heterocycles. The topological polar surface area (TPSA) is 46.2 Å². The van der Waals surface area contributed by atoms with E-state index in [0.29, 0.717) is 11.7 Å². The Morgan fingerprint density at radius 2 is 1.87 bits per heavy atom. The number of aryl methyl sites for hydroxylation is 2. The van der Waals surface area contributed by atoms with Crippen LogP contribution in [0.25, 0.3) is 0 Å². The molecule has 0 spiro atoms. The highest BCUT2D eigenvalue weighted by Gasteiger charge is 2.42. The lowest BCUT2D eigenvalue weighted by molar-refractivity contribution is 0.475. The van der Waals surface area contributed by atoms with Crippen LogP contribution in [0, 0.1) is 13.8 Å². The van der Waals surface area contributed by atoms with Gasteiger partial charge >= 0.3 is 0 Å². The van der Waals surface area contributed by atoms with Gasteiger partial charge in [-0.2, -0.15) is 0 Å². The van der Waals surface area contributed by atoms with Crippen LogP contribution in [0.5, 0.6) is 0 Å². The first kappa shape index (κ1) is 19.6. The summed E-state index contributed by atoms with van der Waals surface area (Å²) in [7, 11) is 0. The first-order chi connectivity index (χ1) is 15.1. The Kier molecular flexibility index (Phi) is 5.08. The highest BCUT2D eigenvalue weighted by Crippen LogP contribution is 2.42. The minimum absolute atomic E-state index is 0.0476. The van der Waals surface area contributed by atoms with Gasteiger partial charge in [0.1, 0.15) is 11.8 Å². The molecule has 0 saturated carbocycles. The van der Waals surface area contributed by atoms with Crippen LogP contribution in [-0.2, 0) is 6.54 Å². The number of rotatable bonds is 5. The lowest BCUT2D eigenvalue weighted by atomic mass is 10.00. The van der Waals surface area contributed by atoms with Crippen molar-refractivity contribution in [3.05, 3.63) is 108 Å². The Morgan fingerprint density at radius 1 is 1.03 bits per heavy atom. The molecule has 3 aromatic heterocycles. The molecule has 4 aromatic rings. The number of furan rings is 1.